The van der Waals surface area contributed by atoms with Crippen LogP contribution in [-0.4, -0.2) is 17.1 Å². The maximum absolute atomic E-state index is 12.2. The van der Waals surface area contributed by atoms with E-state index in [1.54, 1.807) is 18.4 Å². The van der Waals surface area contributed by atoms with Crippen LogP contribution in [0.2, 0.25) is 0 Å². The van der Waals surface area contributed by atoms with E-state index in [0.29, 0.717) is 17.8 Å². The summed E-state index contributed by atoms with van der Waals surface area (Å²) < 4.78 is 5.29. The molecule has 0 aliphatic heterocycles. The first-order chi connectivity index (χ1) is 10.6. The molecule has 1 aromatic carbocycles. The number of benzene rings is 1. The maximum atomic E-state index is 12.2. The SMILES string of the molecule is COc1ccccc1NCc1nc2sc(C)c(C)c2c(=O)[nH]1. The molecule has 22 heavy (non-hydrogen) atoms. The quantitative estimate of drug-likeness (QED) is 0.776. The molecular formula is C16H17N3O2S. The van der Waals surface area contributed by atoms with Gasteiger partial charge in [-0.05, 0) is 31.5 Å². The van der Waals surface area contributed by atoms with Gasteiger partial charge in [0.05, 0.1) is 24.7 Å². The van der Waals surface area contributed by atoms with Gasteiger partial charge in [-0.15, -0.1) is 11.3 Å². The molecule has 5 nitrogen and oxygen atoms in total. The number of aromatic amines is 1. The number of rotatable bonds is 4. The Morgan fingerprint density at radius 2 is 2.09 bits per heavy atom. The Bertz CT molecular complexity index is 883. The first-order valence-corrected chi connectivity index (χ1v) is 7.77. The van der Waals surface area contributed by atoms with E-state index in [0.717, 1.165) is 26.7 Å². The molecule has 3 rings (SSSR count). The van der Waals surface area contributed by atoms with Crippen molar-refractivity contribution in [1.82, 2.24) is 9.97 Å². The van der Waals surface area contributed by atoms with Gasteiger partial charge in [0, 0.05) is 4.88 Å². The van der Waals surface area contributed by atoms with Crippen molar-refractivity contribution in [2.75, 3.05) is 12.4 Å². The minimum atomic E-state index is -0.0799. The smallest absolute Gasteiger partial charge is 0.259 e. The molecule has 2 aromatic heterocycles. The van der Waals surface area contributed by atoms with Crippen LogP contribution < -0.4 is 15.6 Å². The zero-order valence-electron chi connectivity index (χ0n) is 12.7. The topological polar surface area (TPSA) is 67.0 Å². The van der Waals surface area contributed by atoms with E-state index in [1.165, 1.54) is 0 Å². The number of H-pyrrole nitrogens is 1. The number of methoxy groups -OCH3 is 1. The minimum Gasteiger partial charge on any atom is -0.495 e. The molecule has 0 bridgehead atoms. The largest absolute Gasteiger partial charge is 0.495 e. The first kappa shape index (κ1) is 14.6. The summed E-state index contributed by atoms with van der Waals surface area (Å²) in [5.41, 5.74) is 1.80. The summed E-state index contributed by atoms with van der Waals surface area (Å²) in [6.45, 7) is 4.40. The van der Waals surface area contributed by atoms with E-state index >= 15 is 0 Å². The van der Waals surface area contributed by atoms with Crippen LogP contribution in [0.4, 0.5) is 5.69 Å². The highest BCUT2D eigenvalue weighted by Crippen LogP contribution is 2.26. The standard InChI is InChI=1S/C16H17N3O2S/c1-9-10(2)22-16-14(9)15(20)18-13(19-16)8-17-11-6-4-5-7-12(11)21-3/h4-7,17H,8H2,1-3H3,(H,18,19,20). The number of ether oxygens (including phenoxy) is 1. The monoisotopic (exact) mass is 315 g/mol. The van der Waals surface area contributed by atoms with Crippen molar-refractivity contribution in [2.24, 2.45) is 0 Å². The highest BCUT2D eigenvalue weighted by atomic mass is 32.1. The van der Waals surface area contributed by atoms with E-state index < -0.39 is 0 Å². The number of fused-ring (bicyclic) bond motifs is 1. The van der Waals surface area contributed by atoms with E-state index in [1.807, 2.05) is 38.1 Å². The van der Waals surface area contributed by atoms with E-state index in [4.69, 9.17) is 4.74 Å². The predicted octanol–water partition coefficient (Wildman–Crippen LogP) is 3.22. The van der Waals surface area contributed by atoms with Crippen molar-refractivity contribution in [3.63, 3.8) is 0 Å². The van der Waals surface area contributed by atoms with E-state index in [-0.39, 0.29) is 5.56 Å². The normalized spacial score (nSPS) is 10.9. The van der Waals surface area contributed by atoms with Gasteiger partial charge in [0.2, 0.25) is 0 Å². The number of aromatic nitrogens is 2. The molecule has 0 spiro atoms. The number of nitrogens with zero attached hydrogens (tertiary/aromatic N) is 1. The number of nitrogens with one attached hydrogen (secondary N) is 2. The maximum Gasteiger partial charge on any atom is 0.259 e. The second kappa shape index (κ2) is 5.81. The Hall–Kier alpha value is -2.34. The lowest BCUT2D eigenvalue weighted by Crippen LogP contribution is -2.14. The van der Waals surface area contributed by atoms with Crippen molar-refractivity contribution in [2.45, 2.75) is 20.4 Å². The van der Waals surface area contributed by atoms with E-state index in [9.17, 15) is 4.79 Å². The number of hydrogen-bond donors (Lipinski definition) is 2. The molecule has 0 fully saturated rings. The fourth-order valence-corrected chi connectivity index (χ4v) is 3.40. The second-order valence-electron chi connectivity index (χ2n) is 5.03. The summed E-state index contributed by atoms with van der Waals surface area (Å²) in [6, 6.07) is 7.65. The Morgan fingerprint density at radius 3 is 2.86 bits per heavy atom. The van der Waals surface area contributed by atoms with Crippen LogP contribution in [0.25, 0.3) is 10.2 Å². The summed E-state index contributed by atoms with van der Waals surface area (Å²) in [7, 11) is 1.63. The molecule has 0 radical (unpaired) electrons. The van der Waals surface area contributed by atoms with Gasteiger partial charge in [0.15, 0.2) is 0 Å². The first-order valence-electron chi connectivity index (χ1n) is 6.96. The fraction of sp³-hybridized carbons (Fsp3) is 0.250. The molecule has 114 valence electrons. The molecule has 0 saturated carbocycles. The molecule has 3 aromatic rings. The number of aryl methyl sites for hydroxylation is 2. The van der Waals surface area contributed by atoms with Crippen LogP contribution in [0, 0.1) is 13.8 Å². The van der Waals surface area contributed by atoms with Gasteiger partial charge in [0.25, 0.3) is 5.56 Å². The lowest BCUT2D eigenvalue weighted by molar-refractivity contribution is 0.416. The van der Waals surface area contributed by atoms with Crippen LogP contribution in [0.5, 0.6) is 5.75 Å². The van der Waals surface area contributed by atoms with Crippen LogP contribution in [0.1, 0.15) is 16.3 Å². The number of anilines is 1. The van der Waals surface area contributed by atoms with Crippen molar-refractivity contribution in [3.8, 4) is 5.75 Å². The molecule has 0 amide bonds. The molecule has 0 aliphatic carbocycles. The Kier molecular flexibility index (Phi) is 3.85. The van der Waals surface area contributed by atoms with Crippen LogP contribution >= 0.6 is 11.3 Å². The minimum absolute atomic E-state index is 0.0799. The Morgan fingerprint density at radius 1 is 1.32 bits per heavy atom. The average Bonchev–Trinajstić information content (AvgIpc) is 2.80. The molecule has 0 unspecified atom stereocenters. The van der Waals surface area contributed by atoms with Gasteiger partial charge in [-0.25, -0.2) is 4.98 Å². The van der Waals surface area contributed by atoms with Gasteiger partial charge in [0.1, 0.15) is 16.4 Å². The number of hydrogen-bond acceptors (Lipinski definition) is 5. The third kappa shape index (κ3) is 2.57. The molecule has 0 atom stereocenters. The highest BCUT2D eigenvalue weighted by Gasteiger charge is 2.12. The Balaban J connectivity index is 1.90. The molecule has 0 aliphatic rings. The summed E-state index contributed by atoms with van der Waals surface area (Å²) in [6.07, 6.45) is 0. The fourth-order valence-electron chi connectivity index (χ4n) is 2.35. The van der Waals surface area contributed by atoms with Gasteiger partial charge < -0.3 is 15.0 Å². The summed E-state index contributed by atoms with van der Waals surface area (Å²) >= 11 is 1.55. The molecule has 2 heterocycles. The van der Waals surface area contributed by atoms with Gasteiger partial charge >= 0.3 is 0 Å². The molecule has 2 N–H and O–H groups in total. The zero-order valence-corrected chi connectivity index (χ0v) is 13.5. The summed E-state index contributed by atoms with van der Waals surface area (Å²) in [4.78, 5) is 21.5. The molecular weight excluding hydrogens is 298 g/mol. The van der Waals surface area contributed by atoms with Crippen LogP contribution in [0.3, 0.4) is 0 Å². The van der Waals surface area contributed by atoms with E-state index in [2.05, 4.69) is 15.3 Å². The molecule has 6 heteroatoms. The predicted molar refractivity (Wildman–Crippen MR) is 90.0 cm³/mol. The molecule has 0 saturated heterocycles. The van der Waals surface area contributed by atoms with Crippen molar-refractivity contribution >= 4 is 27.2 Å². The van der Waals surface area contributed by atoms with Crippen LogP contribution in [0.15, 0.2) is 29.1 Å². The second-order valence-corrected chi connectivity index (χ2v) is 6.23. The van der Waals surface area contributed by atoms with Crippen molar-refractivity contribution < 1.29 is 4.74 Å². The van der Waals surface area contributed by atoms with Crippen LogP contribution in [-0.2, 0) is 6.54 Å². The van der Waals surface area contributed by atoms with Gasteiger partial charge in [-0.1, -0.05) is 12.1 Å². The third-order valence-electron chi connectivity index (χ3n) is 3.64. The van der Waals surface area contributed by atoms with Gasteiger partial charge in [-0.2, -0.15) is 0 Å². The lowest BCUT2D eigenvalue weighted by Gasteiger charge is -2.10. The Labute approximate surface area is 132 Å². The third-order valence-corrected chi connectivity index (χ3v) is 4.74. The highest BCUT2D eigenvalue weighted by molar-refractivity contribution is 7.18. The van der Waals surface area contributed by atoms with Crippen molar-refractivity contribution in [1.29, 1.82) is 0 Å². The zero-order chi connectivity index (χ0) is 15.7. The van der Waals surface area contributed by atoms with Gasteiger partial charge in [-0.3, -0.25) is 4.79 Å². The summed E-state index contributed by atoms with van der Waals surface area (Å²) in [5, 5.41) is 3.94. The lowest BCUT2D eigenvalue weighted by atomic mass is 10.2. The van der Waals surface area contributed by atoms with Crippen molar-refractivity contribution in [3.05, 3.63) is 50.9 Å². The number of para-hydroxylation sites is 2. The number of thiophene rings is 1. The average molecular weight is 315 g/mol. The summed E-state index contributed by atoms with van der Waals surface area (Å²) in [5.74, 6) is 1.37.